The van der Waals surface area contributed by atoms with Crippen LogP contribution in [0.2, 0.25) is 0 Å². The number of aliphatic hydroxyl groups is 9. The fourth-order valence-electron chi connectivity index (χ4n) is 7.18. The Morgan fingerprint density at radius 3 is 1.95 bits per heavy atom. The monoisotopic (exact) mass is 902 g/mol. The Labute approximate surface area is 361 Å². The molecule has 4 heterocycles. The number of aliphatic hydroxyl groups excluding tert-OH is 9. The third-order valence-corrected chi connectivity index (χ3v) is 10.8. The van der Waals surface area contributed by atoms with Crippen LogP contribution in [-0.4, -0.2) is 173 Å². The first-order chi connectivity index (χ1) is 30.4. The van der Waals surface area contributed by atoms with Gasteiger partial charge in [-0.05, 0) is 55.0 Å². The minimum absolute atomic E-state index is 0.0144. The van der Waals surface area contributed by atoms with Gasteiger partial charge in [-0.15, -0.1) is 0 Å². The average molecular weight is 903 g/mol. The highest BCUT2D eigenvalue weighted by molar-refractivity contribution is 5.88. The van der Waals surface area contributed by atoms with Crippen LogP contribution >= 0.6 is 0 Å². The molecule has 0 saturated carbocycles. The number of hydrogen-bond acceptors (Lipinski definition) is 22. The van der Waals surface area contributed by atoms with Gasteiger partial charge in [0.15, 0.2) is 18.2 Å². The van der Waals surface area contributed by atoms with Crippen LogP contribution in [0.1, 0.15) is 12.5 Å². The minimum atomic E-state index is -1.99. The minimum Gasteiger partial charge on any atom is -0.508 e. The number of ether oxygens (including phenoxy) is 7. The molecule has 3 fully saturated rings. The van der Waals surface area contributed by atoms with Crippen molar-refractivity contribution in [3.05, 3.63) is 82.5 Å². The van der Waals surface area contributed by atoms with Crippen LogP contribution in [0.4, 0.5) is 0 Å². The first-order valence-corrected chi connectivity index (χ1v) is 19.7. The fraction of sp³-hybridized carbons (Fsp3) is 0.429. The zero-order valence-electron chi connectivity index (χ0n) is 33.5. The quantitative estimate of drug-likeness (QED) is 0.0543. The lowest BCUT2D eigenvalue weighted by atomic mass is 9.97. The van der Waals surface area contributed by atoms with Gasteiger partial charge in [-0.3, -0.25) is 4.79 Å². The molecular formula is C42H46O22. The third-order valence-electron chi connectivity index (χ3n) is 10.8. The average Bonchev–Trinajstić information content (AvgIpc) is 3.27. The van der Waals surface area contributed by atoms with E-state index in [4.69, 9.17) is 37.6 Å². The van der Waals surface area contributed by atoms with Crippen molar-refractivity contribution in [3.8, 4) is 40.1 Å². The van der Waals surface area contributed by atoms with Crippen LogP contribution in [0.5, 0.6) is 28.7 Å². The second-order valence-electron chi connectivity index (χ2n) is 15.2. The summed E-state index contributed by atoms with van der Waals surface area (Å²) in [6, 6.07) is 13.1. The molecule has 6 unspecified atom stereocenters. The van der Waals surface area contributed by atoms with E-state index in [1.54, 1.807) is 0 Å². The summed E-state index contributed by atoms with van der Waals surface area (Å²) in [5.41, 5.74) is -0.752. The number of benzene rings is 3. The van der Waals surface area contributed by atoms with Crippen LogP contribution in [0.25, 0.3) is 28.4 Å². The SMILES string of the molecule is CC1O[C@@H](Oc2cc(O)c3c(=O)c(O[C@@H]4O[C@H](CO)[C@@H](O)C(O)C4O)c(-c4ccc(O)cc4)oc3c2)[C@@H](O[C@@H]2OC(COC(=O)/C=C/c3ccc(O)cc3)[C@@H](O)[C@H](O)C2O)C(O)[C@H]1O. The summed E-state index contributed by atoms with van der Waals surface area (Å²) in [5.74, 6) is -3.14. The maximum atomic E-state index is 14.1. The molecule has 4 aromatic rings. The van der Waals surface area contributed by atoms with Gasteiger partial charge in [0, 0.05) is 23.8 Å². The molecule has 3 saturated heterocycles. The highest BCUT2D eigenvalue weighted by Crippen LogP contribution is 2.39. The molecular weight excluding hydrogens is 856 g/mol. The van der Waals surface area contributed by atoms with E-state index in [0.29, 0.717) is 5.56 Å². The number of phenols is 3. The number of rotatable bonds is 12. The summed E-state index contributed by atoms with van der Waals surface area (Å²) in [5, 5.41) is 125. The molecule has 7 rings (SSSR count). The third kappa shape index (κ3) is 9.64. The van der Waals surface area contributed by atoms with Gasteiger partial charge in [0.1, 0.15) is 102 Å². The van der Waals surface area contributed by atoms with Crippen molar-refractivity contribution in [1.82, 2.24) is 0 Å². The van der Waals surface area contributed by atoms with Crippen LogP contribution in [-0.2, 0) is 28.5 Å². The van der Waals surface area contributed by atoms with E-state index in [9.17, 15) is 70.9 Å². The summed E-state index contributed by atoms with van der Waals surface area (Å²) < 4.78 is 45.7. The molecule has 3 aliphatic rings. The van der Waals surface area contributed by atoms with Gasteiger partial charge in [-0.2, -0.15) is 0 Å². The number of esters is 1. The van der Waals surface area contributed by atoms with Gasteiger partial charge < -0.3 is 98.9 Å². The molecule has 0 aliphatic carbocycles. The normalized spacial score (nSPS) is 33.2. The van der Waals surface area contributed by atoms with Crippen molar-refractivity contribution in [2.45, 2.75) is 99.0 Å². The Morgan fingerprint density at radius 2 is 1.30 bits per heavy atom. The molecule has 1 aromatic heterocycles. The molecule has 64 heavy (non-hydrogen) atoms. The van der Waals surface area contributed by atoms with Gasteiger partial charge in [0.05, 0.1) is 12.7 Å². The summed E-state index contributed by atoms with van der Waals surface area (Å²) in [6.45, 7) is -0.0862. The zero-order chi connectivity index (χ0) is 46.1. The number of carbonyl (C=O) groups excluding carboxylic acids is 1. The fourth-order valence-corrected chi connectivity index (χ4v) is 7.18. The molecule has 3 aromatic carbocycles. The summed E-state index contributed by atoms with van der Waals surface area (Å²) in [6.07, 6.45) is -23.6. The molecule has 15 atom stereocenters. The first-order valence-electron chi connectivity index (χ1n) is 19.7. The largest absolute Gasteiger partial charge is 0.508 e. The van der Waals surface area contributed by atoms with Crippen molar-refractivity contribution in [2.24, 2.45) is 0 Å². The molecule has 0 radical (unpaired) electrons. The van der Waals surface area contributed by atoms with Gasteiger partial charge in [0.25, 0.3) is 0 Å². The highest BCUT2D eigenvalue weighted by Gasteiger charge is 2.51. The Morgan fingerprint density at radius 1 is 0.688 bits per heavy atom. The first kappa shape index (κ1) is 46.5. The molecule has 0 bridgehead atoms. The van der Waals surface area contributed by atoms with Gasteiger partial charge >= 0.3 is 5.97 Å². The second kappa shape index (κ2) is 19.3. The molecule has 22 heteroatoms. The molecule has 0 amide bonds. The van der Waals surface area contributed by atoms with Gasteiger partial charge in [-0.25, -0.2) is 4.79 Å². The summed E-state index contributed by atoms with van der Waals surface area (Å²) in [7, 11) is 0. The lowest BCUT2D eigenvalue weighted by Gasteiger charge is -2.45. The smallest absolute Gasteiger partial charge is 0.330 e. The lowest BCUT2D eigenvalue weighted by molar-refractivity contribution is -0.355. The van der Waals surface area contributed by atoms with E-state index >= 15 is 0 Å². The van der Waals surface area contributed by atoms with Crippen molar-refractivity contribution in [2.75, 3.05) is 13.2 Å². The number of aromatic hydroxyl groups is 3. The van der Waals surface area contributed by atoms with E-state index in [1.807, 2.05) is 0 Å². The van der Waals surface area contributed by atoms with E-state index in [2.05, 4.69) is 0 Å². The number of carbonyl (C=O) groups is 1. The van der Waals surface area contributed by atoms with Gasteiger partial charge in [0.2, 0.25) is 23.8 Å². The predicted molar refractivity (Wildman–Crippen MR) is 212 cm³/mol. The van der Waals surface area contributed by atoms with Crippen LogP contribution in [0.15, 0.2) is 76.0 Å². The standard InChI is InChI=1S/C42H46O22/c1-16-28(48)34(54)39(64-41-36(56)33(53)30(50)25(62-41)15-57-26(47)11-4-17-2-7-19(44)8-3-17)42(58-16)59-21-12-22(46)27-23(13-21)60-37(18-5-9-20(45)10-6-18)38(31(27)51)63-40-35(55)32(52)29(49)24(14-43)61-40/h2-13,16,24-25,28-30,32-36,39-46,48-50,52-56H,14-15H2,1H3/b11-4+/t16?,24-,25?,28+,29-,30-,32?,33+,34?,35?,36?,39+,40+,41+,42+/m1/s1. The molecule has 346 valence electrons. The van der Waals surface area contributed by atoms with E-state index in [0.717, 1.165) is 18.2 Å². The Kier molecular flexibility index (Phi) is 14.1. The Bertz CT molecular complexity index is 2330. The van der Waals surface area contributed by atoms with Crippen LogP contribution in [0, 0.1) is 0 Å². The van der Waals surface area contributed by atoms with Crippen LogP contribution < -0.4 is 14.9 Å². The molecule has 0 spiro atoms. The number of fused-ring (bicyclic) bond motifs is 1. The predicted octanol–water partition coefficient (Wildman–Crippen LogP) is -1.95. The molecule has 12 N–H and O–H groups in total. The van der Waals surface area contributed by atoms with Gasteiger partial charge in [-0.1, -0.05) is 12.1 Å². The van der Waals surface area contributed by atoms with E-state index < -0.39 is 134 Å². The van der Waals surface area contributed by atoms with E-state index in [1.165, 1.54) is 61.5 Å². The van der Waals surface area contributed by atoms with Crippen molar-refractivity contribution in [1.29, 1.82) is 0 Å². The second-order valence-corrected chi connectivity index (χ2v) is 15.2. The van der Waals surface area contributed by atoms with E-state index in [-0.39, 0.29) is 34.2 Å². The highest BCUT2D eigenvalue weighted by atomic mass is 16.8. The lowest BCUT2D eigenvalue weighted by Crippen LogP contribution is -2.64. The van der Waals surface area contributed by atoms with Crippen molar-refractivity contribution >= 4 is 23.0 Å². The number of hydrogen-bond donors (Lipinski definition) is 12. The Balaban J connectivity index is 1.15. The molecule has 3 aliphatic heterocycles. The zero-order valence-corrected chi connectivity index (χ0v) is 33.5. The van der Waals surface area contributed by atoms with Crippen molar-refractivity contribution in [3.63, 3.8) is 0 Å². The maximum Gasteiger partial charge on any atom is 0.330 e. The molecule has 22 nitrogen and oxygen atoms in total. The summed E-state index contributed by atoms with van der Waals surface area (Å²) in [4.78, 5) is 26.6. The Hall–Kier alpha value is -5.44. The van der Waals surface area contributed by atoms with Crippen LogP contribution in [0.3, 0.4) is 0 Å². The van der Waals surface area contributed by atoms with Crippen molar-refractivity contribution < 1.29 is 104 Å². The summed E-state index contributed by atoms with van der Waals surface area (Å²) >= 11 is 0. The maximum absolute atomic E-state index is 14.1. The topological polar surface area (TPSA) is 355 Å². The number of phenolic OH excluding ortho intramolecular Hbond substituents is 3.